The Morgan fingerprint density at radius 1 is 0.419 bits per heavy atom. The van der Waals surface area contributed by atoms with Crippen LogP contribution in [0.4, 0.5) is 17.1 Å². The number of anilines is 3. The van der Waals surface area contributed by atoms with Gasteiger partial charge in [-0.1, -0.05) is 146 Å². The highest BCUT2D eigenvalue weighted by Crippen LogP contribution is 2.50. The van der Waals surface area contributed by atoms with E-state index in [-0.39, 0.29) is 0 Å². The van der Waals surface area contributed by atoms with E-state index < -0.39 is 0 Å². The van der Waals surface area contributed by atoms with E-state index in [0.29, 0.717) is 0 Å². The normalized spacial score (nSPS) is 11.9. The largest absolute Gasteiger partial charge is 0.455 e. The lowest BCUT2D eigenvalue weighted by molar-refractivity contribution is 0.670. The summed E-state index contributed by atoms with van der Waals surface area (Å²) >= 11 is 1.85. The third-order valence-corrected chi connectivity index (χ3v) is 13.8. The first-order valence-corrected chi connectivity index (χ1v) is 21.9. The maximum absolute atomic E-state index is 6.99. The number of furan rings is 1. The first kappa shape index (κ1) is 34.9. The zero-order valence-corrected chi connectivity index (χ0v) is 34.3. The summed E-state index contributed by atoms with van der Waals surface area (Å²) < 4.78 is 11.9. The van der Waals surface area contributed by atoms with Gasteiger partial charge in [-0.05, 0) is 100 Å². The molecule has 3 aromatic heterocycles. The molecule has 0 unspecified atom stereocenters. The Kier molecular flexibility index (Phi) is 7.78. The van der Waals surface area contributed by atoms with Crippen LogP contribution in [0.5, 0.6) is 0 Å². The maximum atomic E-state index is 6.99. The van der Waals surface area contributed by atoms with E-state index >= 15 is 0 Å². The minimum absolute atomic E-state index is 0.862. The Balaban J connectivity index is 1.03. The zero-order valence-electron chi connectivity index (χ0n) is 33.5. The van der Waals surface area contributed by atoms with Gasteiger partial charge in [-0.2, -0.15) is 0 Å². The molecule has 4 heteroatoms. The van der Waals surface area contributed by atoms with Crippen LogP contribution in [0.25, 0.3) is 103 Å². The number of fused-ring (bicyclic) bond motifs is 10. The monoisotopic (exact) mass is 808 g/mol. The van der Waals surface area contributed by atoms with Gasteiger partial charge in [0.05, 0.1) is 32.5 Å². The highest BCUT2D eigenvalue weighted by atomic mass is 32.1. The van der Waals surface area contributed by atoms with Gasteiger partial charge >= 0.3 is 0 Å². The smallest absolute Gasteiger partial charge is 0.145 e. The average molecular weight is 809 g/mol. The van der Waals surface area contributed by atoms with Crippen molar-refractivity contribution in [1.29, 1.82) is 0 Å². The Morgan fingerprint density at radius 3 is 1.90 bits per heavy atom. The van der Waals surface area contributed by atoms with E-state index in [4.69, 9.17) is 4.42 Å². The minimum Gasteiger partial charge on any atom is -0.455 e. The van der Waals surface area contributed by atoms with Crippen LogP contribution in [0.15, 0.2) is 223 Å². The highest BCUT2D eigenvalue weighted by Gasteiger charge is 2.25. The number of hydrogen-bond acceptors (Lipinski definition) is 3. The summed E-state index contributed by atoms with van der Waals surface area (Å²) in [5.41, 5.74) is 13.0. The number of nitrogens with zero attached hydrogens (tertiary/aromatic N) is 2. The summed E-state index contributed by atoms with van der Waals surface area (Å²) in [6.45, 7) is 0. The number of thiophene rings is 1. The molecule has 0 bridgehead atoms. The molecule has 62 heavy (non-hydrogen) atoms. The molecule has 3 nitrogen and oxygen atoms in total. The molecule has 0 radical (unpaired) electrons. The summed E-state index contributed by atoms with van der Waals surface area (Å²) in [4.78, 5) is 2.45. The first-order valence-electron chi connectivity index (χ1n) is 21.1. The Morgan fingerprint density at radius 2 is 1.08 bits per heavy atom. The fourth-order valence-electron chi connectivity index (χ4n) is 9.73. The van der Waals surface area contributed by atoms with E-state index in [0.717, 1.165) is 55.8 Å². The third-order valence-electron chi connectivity index (χ3n) is 12.6. The molecule has 10 aromatic carbocycles. The number of benzene rings is 10. The van der Waals surface area contributed by atoms with Gasteiger partial charge in [-0.15, -0.1) is 11.3 Å². The van der Waals surface area contributed by atoms with Gasteiger partial charge in [-0.25, -0.2) is 0 Å². The van der Waals surface area contributed by atoms with Gasteiger partial charge in [0, 0.05) is 48.6 Å². The molecule has 290 valence electrons. The average Bonchev–Trinajstić information content (AvgIpc) is 4.02. The van der Waals surface area contributed by atoms with E-state index in [1.807, 2.05) is 11.3 Å². The minimum atomic E-state index is 0.862. The molecule has 0 spiro atoms. The maximum Gasteiger partial charge on any atom is 0.145 e. The van der Waals surface area contributed by atoms with Crippen molar-refractivity contribution in [2.75, 3.05) is 4.90 Å². The van der Waals surface area contributed by atoms with Crippen molar-refractivity contribution < 1.29 is 4.42 Å². The summed E-state index contributed by atoms with van der Waals surface area (Å²) in [6.07, 6.45) is 0. The molecule has 13 aromatic rings. The van der Waals surface area contributed by atoms with Crippen LogP contribution in [0.1, 0.15) is 0 Å². The van der Waals surface area contributed by atoms with Gasteiger partial charge in [0.25, 0.3) is 0 Å². The molecule has 0 N–H and O–H groups in total. The lowest BCUT2D eigenvalue weighted by Gasteiger charge is -2.27. The van der Waals surface area contributed by atoms with Crippen molar-refractivity contribution in [3.05, 3.63) is 218 Å². The number of para-hydroxylation sites is 3. The second-order valence-corrected chi connectivity index (χ2v) is 17.1. The molecule has 0 fully saturated rings. The fourth-order valence-corrected chi connectivity index (χ4v) is 10.9. The lowest BCUT2D eigenvalue weighted by Crippen LogP contribution is -2.10. The second kappa shape index (κ2) is 13.8. The lowest BCUT2D eigenvalue weighted by atomic mass is 9.98. The van der Waals surface area contributed by atoms with Crippen LogP contribution in [0.3, 0.4) is 0 Å². The third kappa shape index (κ3) is 5.37. The molecule has 0 saturated heterocycles. The second-order valence-electron chi connectivity index (χ2n) is 16.1. The zero-order chi connectivity index (χ0) is 40.7. The van der Waals surface area contributed by atoms with Crippen LogP contribution >= 0.6 is 11.3 Å². The predicted octanol–water partition coefficient (Wildman–Crippen LogP) is 17.0. The SMILES string of the molecule is c1cc(-c2ccc(N(c3ccc(-c4ccc5ccccc5c4)cc3)c3cccc4c3sc3ccccc34)c3c2oc2ccccc23)cc(-n2c3ccccc3c3ccccc32)c1. The molecule has 0 aliphatic heterocycles. The number of aromatic nitrogens is 1. The summed E-state index contributed by atoms with van der Waals surface area (Å²) in [5.74, 6) is 0. The van der Waals surface area contributed by atoms with Crippen molar-refractivity contribution >= 4 is 103 Å². The Bertz CT molecular complexity index is 3830. The van der Waals surface area contributed by atoms with Crippen molar-refractivity contribution in [3.8, 4) is 27.9 Å². The standard InChI is InChI=1S/C58H36N2OS/c1-2-14-39-35-40(28-27-37(39)13-1)38-29-31-42(32-30-38)59(53-24-12-21-48-47-19-6-10-26-55(47)62-58(48)53)52-34-33-44(57-56(52)49-20-5-9-25-54(49)61-57)41-15-11-16-43(36-41)60-50-22-7-3-17-45(50)46-18-4-8-23-51(46)60/h1-36H. The molecule has 3 heterocycles. The molecule has 0 atom stereocenters. The van der Waals surface area contributed by atoms with E-state index in [1.165, 1.54) is 63.9 Å². The van der Waals surface area contributed by atoms with E-state index in [2.05, 4.69) is 228 Å². The van der Waals surface area contributed by atoms with Crippen LogP contribution < -0.4 is 4.90 Å². The van der Waals surface area contributed by atoms with Gasteiger partial charge in [-0.3, -0.25) is 0 Å². The van der Waals surface area contributed by atoms with Gasteiger partial charge < -0.3 is 13.9 Å². The van der Waals surface area contributed by atoms with Gasteiger partial charge in [0.2, 0.25) is 0 Å². The highest BCUT2D eigenvalue weighted by molar-refractivity contribution is 7.26. The summed E-state index contributed by atoms with van der Waals surface area (Å²) in [7, 11) is 0. The van der Waals surface area contributed by atoms with Crippen LogP contribution in [-0.2, 0) is 0 Å². The quantitative estimate of drug-likeness (QED) is 0.167. The van der Waals surface area contributed by atoms with Gasteiger partial charge in [0.1, 0.15) is 11.2 Å². The number of hydrogen-bond donors (Lipinski definition) is 0. The van der Waals surface area contributed by atoms with E-state index in [9.17, 15) is 0 Å². The van der Waals surface area contributed by atoms with Crippen molar-refractivity contribution in [1.82, 2.24) is 4.57 Å². The summed E-state index contributed by atoms with van der Waals surface area (Å²) in [6, 6.07) is 79.1. The molecule has 13 rings (SSSR count). The predicted molar refractivity (Wildman–Crippen MR) is 264 cm³/mol. The van der Waals surface area contributed by atoms with Crippen molar-refractivity contribution in [2.24, 2.45) is 0 Å². The van der Waals surface area contributed by atoms with Gasteiger partial charge in [0.15, 0.2) is 0 Å². The summed E-state index contributed by atoms with van der Waals surface area (Å²) in [5, 5.41) is 9.67. The molecule has 0 aliphatic carbocycles. The molecule has 0 saturated carbocycles. The fraction of sp³-hybridized carbons (Fsp3) is 0. The Hall–Kier alpha value is -7.92. The van der Waals surface area contributed by atoms with E-state index in [1.54, 1.807) is 0 Å². The molecular formula is C58H36N2OS. The number of rotatable bonds is 6. The molecule has 0 aliphatic rings. The Labute approximate surface area is 361 Å². The first-order chi connectivity index (χ1) is 30.7. The topological polar surface area (TPSA) is 21.3 Å². The van der Waals surface area contributed by atoms with Crippen LogP contribution in [0.2, 0.25) is 0 Å². The van der Waals surface area contributed by atoms with Crippen LogP contribution in [0, 0.1) is 0 Å². The molecular weight excluding hydrogens is 773 g/mol. The van der Waals surface area contributed by atoms with Crippen LogP contribution in [-0.4, -0.2) is 4.57 Å². The molecule has 0 amide bonds. The van der Waals surface area contributed by atoms with Crippen molar-refractivity contribution in [2.45, 2.75) is 0 Å². The van der Waals surface area contributed by atoms with Crippen molar-refractivity contribution in [3.63, 3.8) is 0 Å².